The van der Waals surface area contributed by atoms with Crippen LogP contribution >= 0.6 is 0 Å². The molecule has 4 aromatic carbocycles. The Morgan fingerprint density at radius 3 is 1.56 bits per heavy atom. The van der Waals surface area contributed by atoms with Gasteiger partial charge in [0.25, 0.3) is 0 Å². The molecule has 1 fully saturated rings. The fraction of sp³-hybridized carbons (Fsp3) is 0.429. The van der Waals surface area contributed by atoms with Gasteiger partial charge in [-0.1, -0.05) is 160 Å². The maximum Gasteiger partial charge on any atom is 0.186 e. The van der Waals surface area contributed by atoms with Crippen LogP contribution in [0, 0.1) is 0 Å². The SMILES string of the molecule is CCCCCCCCOC1O[C@@H]([C@@H](COCc2ccccc2)OCc2ccccc2)[C@H](OCc2ccccc2)[C@H]1OCc1ccccc1. The maximum atomic E-state index is 6.78. The van der Waals surface area contributed by atoms with E-state index in [2.05, 4.69) is 55.5 Å². The summed E-state index contributed by atoms with van der Waals surface area (Å²) in [6, 6.07) is 40.8. The zero-order valence-corrected chi connectivity index (χ0v) is 28.4. The molecule has 0 N–H and O–H groups in total. The van der Waals surface area contributed by atoms with E-state index in [0.717, 1.165) is 35.1 Å². The van der Waals surface area contributed by atoms with E-state index < -0.39 is 30.7 Å². The predicted molar refractivity (Wildman–Crippen MR) is 189 cm³/mol. The van der Waals surface area contributed by atoms with Gasteiger partial charge >= 0.3 is 0 Å². The molecule has 0 aromatic heterocycles. The summed E-state index contributed by atoms with van der Waals surface area (Å²) in [5, 5.41) is 0. The van der Waals surface area contributed by atoms with Gasteiger partial charge in [-0.3, -0.25) is 0 Å². The molecule has 5 rings (SSSR count). The van der Waals surface area contributed by atoms with Gasteiger partial charge in [-0.2, -0.15) is 0 Å². The summed E-state index contributed by atoms with van der Waals surface area (Å²) in [6.07, 6.45) is 4.67. The summed E-state index contributed by atoms with van der Waals surface area (Å²) in [6.45, 7) is 4.89. The third-order valence-electron chi connectivity index (χ3n) is 8.62. The minimum Gasteiger partial charge on any atom is -0.374 e. The number of unbranched alkanes of at least 4 members (excludes halogenated alkanes) is 5. The molecule has 48 heavy (non-hydrogen) atoms. The molecule has 6 nitrogen and oxygen atoms in total. The smallest absolute Gasteiger partial charge is 0.186 e. The molecular formula is C42H52O6. The minimum absolute atomic E-state index is 0.327. The second-order valence-electron chi connectivity index (χ2n) is 12.5. The Kier molecular flexibility index (Phi) is 15.6. The Morgan fingerprint density at radius 2 is 1.00 bits per heavy atom. The highest BCUT2D eigenvalue weighted by molar-refractivity contribution is 5.16. The van der Waals surface area contributed by atoms with Crippen molar-refractivity contribution >= 4 is 0 Å². The van der Waals surface area contributed by atoms with Crippen LogP contribution in [0.3, 0.4) is 0 Å². The first-order valence-electron chi connectivity index (χ1n) is 17.7. The molecule has 0 amide bonds. The third-order valence-corrected chi connectivity index (χ3v) is 8.62. The molecule has 5 atom stereocenters. The van der Waals surface area contributed by atoms with Gasteiger partial charge in [-0.05, 0) is 28.7 Å². The van der Waals surface area contributed by atoms with Gasteiger partial charge in [-0.25, -0.2) is 0 Å². The molecule has 0 spiro atoms. The first kappa shape index (κ1) is 35.9. The normalized spacial score (nSPS) is 19.8. The molecule has 1 heterocycles. The summed E-state index contributed by atoms with van der Waals surface area (Å²) < 4.78 is 39.6. The highest BCUT2D eigenvalue weighted by atomic mass is 16.7. The van der Waals surface area contributed by atoms with Crippen molar-refractivity contribution in [3.63, 3.8) is 0 Å². The molecule has 256 valence electrons. The Balaban J connectivity index is 1.36. The number of benzene rings is 4. The standard InChI is InChI=1S/C42H52O6/c1-2-3-4-5-6-19-28-44-42-41(47-32-37-26-17-10-18-27-37)40(46-31-36-24-15-9-16-25-36)39(48-42)38(45-30-35-22-13-8-14-23-35)33-43-29-34-20-11-7-12-21-34/h7-18,20-27,38-42H,2-6,19,28-33H2,1H3/t38-,39+,40+,41-,42?/m1/s1. The van der Waals surface area contributed by atoms with Gasteiger partial charge in [0.05, 0.1) is 33.0 Å². The van der Waals surface area contributed by atoms with Crippen molar-refractivity contribution in [3.05, 3.63) is 144 Å². The van der Waals surface area contributed by atoms with Gasteiger partial charge < -0.3 is 28.4 Å². The topological polar surface area (TPSA) is 55.4 Å². The third kappa shape index (κ3) is 12.0. The van der Waals surface area contributed by atoms with Crippen LogP contribution in [0.25, 0.3) is 0 Å². The molecular weight excluding hydrogens is 600 g/mol. The number of ether oxygens (including phenoxy) is 6. The first-order chi connectivity index (χ1) is 23.8. The molecule has 0 saturated carbocycles. The van der Waals surface area contributed by atoms with E-state index in [9.17, 15) is 0 Å². The lowest BCUT2D eigenvalue weighted by molar-refractivity contribution is -0.198. The van der Waals surface area contributed by atoms with Crippen molar-refractivity contribution < 1.29 is 28.4 Å². The Morgan fingerprint density at radius 1 is 0.521 bits per heavy atom. The van der Waals surface area contributed by atoms with Crippen LogP contribution in [0.4, 0.5) is 0 Å². The zero-order chi connectivity index (χ0) is 33.1. The van der Waals surface area contributed by atoms with Crippen LogP contribution in [0.5, 0.6) is 0 Å². The molecule has 1 unspecified atom stereocenters. The average Bonchev–Trinajstić information content (AvgIpc) is 3.49. The van der Waals surface area contributed by atoms with Crippen molar-refractivity contribution in [2.75, 3.05) is 13.2 Å². The molecule has 1 aliphatic rings. The van der Waals surface area contributed by atoms with E-state index in [-0.39, 0.29) is 0 Å². The van der Waals surface area contributed by atoms with Gasteiger partial charge in [0.1, 0.15) is 24.4 Å². The van der Waals surface area contributed by atoms with Crippen LogP contribution in [-0.4, -0.2) is 43.9 Å². The van der Waals surface area contributed by atoms with Crippen molar-refractivity contribution in [1.82, 2.24) is 0 Å². The van der Waals surface area contributed by atoms with E-state index >= 15 is 0 Å². The van der Waals surface area contributed by atoms with E-state index in [1.54, 1.807) is 0 Å². The lowest BCUT2D eigenvalue weighted by atomic mass is 10.0. The van der Waals surface area contributed by atoms with Crippen LogP contribution in [-0.2, 0) is 54.8 Å². The minimum atomic E-state index is -0.605. The van der Waals surface area contributed by atoms with Crippen molar-refractivity contribution in [2.24, 2.45) is 0 Å². The average molecular weight is 653 g/mol. The maximum absolute atomic E-state index is 6.78. The van der Waals surface area contributed by atoms with Gasteiger partial charge in [0.2, 0.25) is 0 Å². The Hall–Kier alpha value is -3.36. The Bertz CT molecular complexity index is 1370. The van der Waals surface area contributed by atoms with Crippen LogP contribution in [0.15, 0.2) is 121 Å². The first-order valence-corrected chi connectivity index (χ1v) is 17.7. The van der Waals surface area contributed by atoms with Gasteiger partial charge in [-0.15, -0.1) is 0 Å². The van der Waals surface area contributed by atoms with E-state index in [0.29, 0.717) is 39.6 Å². The van der Waals surface area contributed by atoms with E-state index in [4.69, 9.17) is 28.4 Å². The Labute approximate surface area is 287 Å². The highest BCUT2D eigenvalue weighted by Gasteiger charge is 2.50. The molecule has 1 saturated heterocycles. The molecule has 6 heteroatoms. The van der Waals surface area contributed by atoms with Crippen LogP contribution in [0.1, 0.15) is 67.7 Å². The second kappa shape index (κ2) is 20.9. The monoisotopic (exact) mass is 652 g/mol. The van der Waals surface area contributed by atoms with Crippen LogP contribution < -0.4 is 0 Å². The number of rotatable bonds is 22. The van der Waals surface area contributed by atoms with E-state index in [1.807, 2.05) is 72.8 Å². The predicted octanol–water partition coefficient (Wildman–Crippen LogP) is 9.06. The van der Waals surface area contributed by atoms with Crippen molar-refractivity contribution in [2.45, 2.75) is 103 Å². The van der Waals surface area contributed by atoms with Crippen molar-refractivity contribution in [1.29, 1.82) is 0 Å². The highest BCUT2D eigenvalue weighted by Crippen LogP contribution is 2.33. The summed E-state index contributed by atoms with van der Waals surface area (Å²) in [5.41, 5.74) is 4.35. The second-order valence-corrected chi connectivity index (χ2v) is 12.5. The van der Waals surface area contributed by atoms with E-state index in [1.165, 1.54) is 25.7 Å². The molecule has 0 radical (unpaired) electrons. The molecule has 1 aliphatic heterocycles. The molecule has 0 bridgehead atoms. The summed E-state index contributed by atoms with van der Waals surface area (Å²) in [5.74, 6) is 0. The lowest BCUT2D eigenvalue weighted by Crippen LogP contribution is -2.45. The molecule has 4 aromatic rings. The summed E-state index contributed by atoms with van der Waals surface area (Å²) >= 11 is 0. The summed E-state index contributed by atoms with van der Waals surface area (Å²) in [7, 11) is 0. The zero-order valence-electron chi connectivity index (χ0n) is 28.4. The van der Waals surface area contributed by atoms with Gasteiger partial charge in [0.15, 0.2) is 6.29 Å². The molecule has 0 aliphatic carbocycles. The number of hydrogen-bond donors (Lipinski definition) is 0. The van der Waals surface area contributed by atoms with Gasteiger partial charge in [0, 0.05) is 6.61 Å². The quantitative estimate of drug-likeness (QED) is 0.0790. The fourth-order valence-corrected chi connectivity index (χ4v) is 5.95. The number of hydrogen-bond acceptors (Lipinski definition) is 6. The lowest BCUT2D eigenvalue weighted by Gasteiger charge is -2.29. The van der Waals surface area contributed by atoms with Crippen molar-refractivity contribution in [3.8, 4) is 0 Å². The summed E-state index contributed by atoms with van der Waals surface area (Å²) in [4.78, 5) is 0. The largest absolute Gasteiger partial charge is 0.374 e. The van der Waals surface area contributed by atoms with Crippen LogP contribution in [0.2, 0.25) is 0 Å². The fourth-order valence-electron chi connectivity index (χ4n) is 5.95.